The fourth-order valence-corrected chi connectivity index (χ4v) is 11.4. The van der Waals surface area contributed by atoms with Gasteiger partial charge in [-0.25, -0.2) is 0 Å². The van der Waals surface area contributed by atoms with E-state index >= 15 is 0 Å². The van der Waals surface area contributed by atoms with Crippen molar-refractivity contribution in [1.29, 1.82) is 0 Å². The highest BCUT2D eigenvalue weighted by Gasteiger charge is 2.53. The Hall–Kier alpha value is -7.94. The molecule has 14 rings (SSSR count). The summed E-state index contributed by atoms with van der Waals surface area (Å²) in [5.74, 6) is 1.73. The van der Waals surface area contributed by atoms with Crippen LogP contribution in [-0.4, -0.2) is 0 Å². The topological polar surface area (TPSA) is 12.5 Å². The standard InChI is InChI=1S/C59H35NO/c1-5-18-42-36(14-1)32-37-15-2-6-19-43(37)56(42)40-28-30-46-47-31-29-41(57-44-20-7-3-16-38(44)33-39-17-4-8-21-45(39)57)35-51(47)59(50(46)34-40)48-22-9-10-24-52(48)60-53-25-11-12-26-54(53)61-55-27-13-23-49(59)58(55)60/h1-35H. The fraction of sp³-hybridized carbons (Fsp3) is 0.0169. The predicted octanol–water partition coefficient (Wildman–Crippen LogP) is 15.9. The van der Waals surface area contributed by atoms with Gasteiger partial charge in [-0.2, -0.15) is 0 Å². The average Bonchev–Trinajstić information content (AvgIpc) is 3.60. The average molecular weight is 774 g/mol. The van der Waals surface area contributed by atoms with Crippen LogP contribution in [0.15, 0.2) is 212 Å². The van der Waals surface area contributed by atoms with Crippen molar-refractivity contribution in [2.45, 2.75) is 5.41 Å². The molecule has 1 spiro atoms. The fourth-order valence-electron chi connectivity index (χ4n) is 11.4. The third kappa shape index (κ3) is 4.31. The molecule has 11 aromatic carbocycles. The van der Waals surface area contributed by atoms with Crippen molar-refractivity contribution in [3.05, 3.63) is 235 Å². The Labute approximate surface area is 353 Å². The lowest BCUT2D eigenvalue weighted by molar-refractivity contribution is 0.473. The smallest absolute Gasteiger partial charge is 0.151 e. The summed E-state index contributed by atoms with van der Waals surface area (Å²) in [4.78, 5) is 2.45. The van der Waals surface area contributed by atoms with E-state index in [0.29, 0.717) is 0 Å². The number of para-hydroxylation sites is 4. The summed E-state index contributed by atoms with van der Waals surface area (Å²) < 4.78 is 6.86. The second-order valence-electron chi connectivity index (χ2n) is 16.7. The van der Waals surface area contributed by atoms with Crippen LogP contribution in [0.1, 0.15) is 22.3 Å². The van der Waals surface area contributed by atoms with Gasteiger partial charge >= 0.3 is 0 Å². The number of hydrogen-bond donors (Lipinski definition) is 0. The predicted molar refractivity (Wildman–Crippen MR) is 253 cm³/mol. The zero-order valence-corrected chi connectivity index (χ0v) is 33.1. The van der Waals surface area contributed by atoms with Crippen LogP contribution in [-0.2, 0) is 5.41 Å². The number of fused-ring (bicyclic) bond motifs is 15. The van der Waals surface area contributed by atoms with Gasteiger partial charge in [0.15, 0.2) is 11.5 Å². The number of benzene rings is 11. The first-order valence-corrected chi connectivity index (χ1v) is 21.2. The van der Waals surface area contributed by atoms with Crippen molar-refractivity contribution < 1.29 is 4.74 Å². The van der Waals surface area contributed by atoms with Gasteiger partial charge in [0.05, 0.1) is 22.5 Å². The quantitative estimate of drug-likeness (QED) is 0.162. The van der Waals surface area contributed by atoms with Gasteiger partial charge in [-0.05, 0) is 147 Å². The molecule has 0 atom stereocenters. The van der Waals surface area contributed by atoms with Gasteiger partial charge < -0.3 is 9.64 Å². The largest absolute Gasteiger partial charge is 0.453 e. The molecule has 2 aliphatic heterocycles. The molecule has 2 heterocycles. The van der Waals surface area contributed by atoms with Crippen LogP contribution in [0.2, 0.25) is 0 Å². The third-order valence-electron chi connectivity index (χ3n) is 13.8. The highest BCUT2D eigenvalue weighted by Crippen LogP contribution is 2.67. The minimum Gasteiger partial charge on any atom is -0.453 e. The summed E-state index contributed by atoms with van der Waals surface area (Å²) in [6.07, 6.45) is 0. The number of rotatable bonds is 2. The lowest BCUT2D eigenvalue weighted by atomic mass is 9.64. The first-order chi connectivity index (χ1) is 30.3. The molecule has 0 saturated heterocycles. The molecule has 0 aromatic heterocycles. The van der Waals surface area contributed by atoms with Crippen LogP contribution in [0, 0.1) is 0 Å². The third-order valence-corrected chi connectivity index (χ3v) is 13.8. The van der Waals surface area contributed by atoms with E-state index in [1.54, 1.807) is 0 Å². The Morgan fingerprint density at radius 1 is 0.328 bits per heavy atom. The van der Waals surface area contributed by atoms with Crippen LogP contribution >= 0.6 is 0 Å². The van der Waals surface area contributed by atoms with Crippen molar-refractivity contribution in [3.8, 4) is 44.9 Å². The minimum absolute atomic E-state index is 0.675. The van der Waals surface area contributed by atoms with E-state index in [1.807, 2.05) is 0 Å². The Morgan fingerprint density at radius 3 is 1.33 bits per heavy atom. The van der Waals surface area contributed by atoms with E-state index in [1.165, 1.54) is 104 Å². The van der Waals surface area contributed by atoms with E-state index in [9.17, 15) is 0 Å². The van der Waals surface area contributed by atoms with Gasteiger partial charge in [0.1, 0.15) is 0 Å². The molecule has 61 heavy (non-hydrogen) atoms. The highest BCUT2D eigenvalue weighted by molar-refractivity contribution is 6.15. The van der Waals surface area contributed by atoms with Crippen LogP contribution < -0.4 is 9.64 Å². The SMILES string of the molecule is c1ccc2c(c1)Oc1cccc3c1N2c1ccccc1C31c2cc(-c3c4ccccc4cc4ccccc34)ccc2-c2ccc(-c3c4ccccc4cc4ccccc34)cc21. The molecule has 0 N–H and O–H groups in total. The molecule has 1 aliphatic carbocycles. The number of anilines is 3. The summed E-state index contributed by atoms with van der Waals surface area (Å²) in [6.45, 7) is 0. The van der Waals surface area contributed by atoms with E-state index in [2.05, 4.69) is 217 Å². The van der Waals surface area contributed by atoms with Gasteiger partial charge in [-0.3, -0.25) is 0 Å². The number of ether oxygens (including phenoxy) is 1. The van der Waals surface area contributed by atoms with Crippen LogP contribution in [0.5, 0.6) is 11.5 Å². The highest BCUT2D eigenvalue weighted by atomic mass is 16.5. The maximum atomic E-state index is 6.86. The molecule has 0 amide bonds. The molecule has 3 aliphatic rings. The van der Waals surface area contributed by atoms with Crippen molar-refractivity contribution in [2.75, 3.05) is 4.90 Å². The van der Waals surface area contributed by atoms with Gasteiger partial charge in [0.25, 0.3) is 0 Å². The second-order valence-corrected chi connectivity index (χ2v) is 16.7. The summed E-state index contributed by atoms with van der Waals surface area (Å²) in [6, 6.07) is 78.9. The number of hydrogen-bond acceptors (Lipinski definition) is 2. The molecule has 11 aromatic rings. The minimum atomic E-state index is -0.675. The second kappa shape index (κ2) is 12.1. The van der Waals surface area contributed by atoms with Crippen molar-refractivity contribution >= 4 is 60.2 Å². The molecule has 0 bridgehead atoms. The molecule has 0 saturated carbocycles. The van der Waals surface area contributed by atoms with Gasteiger partial charge in [0.2, 0.25) is 0 Å². The molecule has 0 fully saturated rings. The van der Waals surface area contributed by atoms with Gasteiger partial charge in [0, 0.05) is 0 Å². The first kappa shape index (κ1) is 33.0. The normalized spacial score (nSPS) is 13.8. The molecule has 0 unspecified atom stereocenters. The summed E-state index contributed by atoms with van der Waals surface area (Å²) in [7, 11) is 0. The van der Waals surface area contributed by atoms with Crippen molar-refractivity contribution in [1.82, 2.24) is 0 Å². The summed E-state index contributed by atoms with van der Waals surface area (Å²) in [5.41, 5.74) is 15.2. The zero-order valence-electron chi connectivity index (χ0n) is 33.1. The van der Waals surface area contributed by atoms with Crippen LogP contribution in [0.3, 0.4) is 0 Å². The van der Waals surface area contributed by atoms with E-state index in [-0.39, 0.29) is 0 Å². The molecule has 282 valence electrons. The molecular formula is C59H35NO. The van der Waals surface area contributed by atoms with E-state index in [0.717, 1.165) is 22.9 Å². The molecule has 2 nitrogen and oxygen atoms in total. The van der Waals surface area contributed by atoms with Gasteiger partial charge in [-0.1, -0.05) is 164 Å². The lowest BCUT2D eigenvalue weighted by Gasteiger charge is -2.47. The maximum Gasteiger partial charge on any atom is 0.151 e. The van der Waals surface area contributed by atoms with Crippen LogP contribution in [0.4, 0.5) is 17.1 Å². The Bertz CT molecular complexity index is 3430. The van der Waals surface area contributed by atoms with E-state index in [4.69, 9.17) is 4.74 Å². The van der Waals surface area contributed by atoms with Crippen molar-refractivity contribution in [3.63, 3.8) is 0 Å². The number of nitrogens with zero attached hydrogens (tertiary/aromatic N) is 1. The summed E-state index contributed by atoms with van der Waals surface area (Å²) in [5, 5.41) is 10.0. The maximum absolute atomic E-state index is 6.86. The summed E-state index contributed by atoms with van der Waals surface area (Å²) >= 11 is 0. The van der Waals surface area contributed by atoms with Crippen molar-refractivity contribution in [2.24, 2.45) is 0 Å². The Morgan fingerprint density at radius 2 is 0.770 bits per heavy atom. The van der Waals surface area contributed by atoms with Gasteiger partial charge in [-0.15, -0.1) is 0 Å². The first-order valence-electron chi connectivity index (χ1n) is 21.2. The van der Waals surface area contributed by atoms with E-state index < -0.39 is 5.41 Å². The molecular weight excluding hydrogens is 739 g/mol. The molecule has 2 heteroatoms. The Balaban J connectivity index is 1.13. The Kier molecular flexibility index (Phi) is 6.52. The van der Waals surface area contributed by atoms with Crippen LogP contribution in [0.25, 0.3) is 76.5 Å². The lowest BCUT2D eigenvalue weighted by Crippen LogP contribution is -2.37. The monoisotopic (exact) mass is 773 g/mol. The zero-order chi connectivity index (χ0) is 39.8. The molecule has 0 radical (unpaired) electrons.